The largest absolute Gasteiger partial charge is 0.393 e. The number of hydrogen-bond acceptors (Lipinski definition) is 1. The van der Waals surface area contributed by atoms with Gasteiger partial charge in [0, 0.05) is 11.8 Å². The first-order valence-electron chi connectivity index (χ1n) is 12.7. The van der Waals surface area contributed by atoms with Gasteiger partial charge in [-0.1, -0.05) is 65.5 Å². The van der Waals surface area contributed by atoms with Crippen molar-refractivity contribution in [3.05, 3.63) is 11.6 Å². The minimum atomic E-state index is -0.623. The summed E-state index contributed by atoms with van der Waals surface area (Å²) < 4.78 is 0. The summed E-state index contributed by atoms with van der Waals surface area (Å²) in [5.41, 5.74) is 1.58. The van der Waals surface area contributed by atoms with Crippen LogP contribution in [0.5, 0.6) is 0 Å². The number of aliphatic hydroxyl groups excluding tert-OH is 1. The third kappa shape index (κ3) is 3.55. The smallest absolute Gasteiger partial charge is 0.105 e. The van der Waals surface area contributed by atoms with Crippen molar-refractivity contribution in [3.8, 4) is 0 Å². The van der Waals surface area contributed by atoms with Gasteiger partial charge in [0.2, 0.25) is 0 Å². The summed E-state index contributed by atoms with van der Waals surface area (Å²) in [5.74, 6) is 4.57. The van der Waals surface area contributed by atoms with Crippen LogP contribution in [0.2, 0.25) is 0 Å². The zero-order valence-electron chi connectivity index (χ0n) is 19.6. The molecular weight excluding hydrogens is 356 g/mol. The fourth-order valence-electron chi connectivity index (χ4n) is 8.70. The second-order valence-corrected chi connectivity index (χ2v) is 12.2. The Morgan fingerprint density at radius 2 is 1.86 bits per heavy atom. The number of allylic oxidation sites excluding steroid dienone is 1. The van der Waals surface area contributed by atoms with Crippen molar-refractivity contribution in [1.82, 2.24) is 0 Å². The minimum Gasteiger partial charge on any atom is -0.393 e. The monoisotopic (exact) mass is 401 g/mol. The summed E-state index contributed by atoms with van der Waals surface area (Å²) in [6.45, 7) is 12.1. The lowest BCUT2D eigenvalue weighted by Crippen LogP contribution is -2.55. The first-order valence-corrected chi connectivity index (χ1v) is 12.7. The van der Waals surface area contributed by atoms with Gasteiger partial charge in [0.05, 0.1) is 6.10 Å². The maximum atomic E-state index is 13.2. The van der Waals surface area contributed by atoms with E-state index in [1.807, 2.05) is 0 Å². The molecule has 0 saturated heterocycles. The number of aliphatic hydroxyl groups is 1. The van der Waals surface area contributed by atoms with E-state index in [9.17, 15) is 10.2 Å². The van der Waals surface area contributed by atoms with Gasteiger partial charge in [-0.2, -0.15) is 0 Å². The van der Waals surface area contributed by atoms with Crippen molar-refractivity contribution in [1.29, 1.82) is 0 Å². The van der Waals surface area contributed by atoms with E-state index < -0.39 is 12.2 Å². The Hall–Kier alpha value is -0.340. The minimum absolute atomic E-state index is 0.204. The third-order valence-electron chi connectivity index (χ3n) is 10.3. The molecule has 3 saturated carbocycles. The summed E-state index contributed by atoms with van der Waals surface area (Å²) in [6, 6.07) is 0. The lowest BCUT2D eigenvalue weighted by Gasteiger charge is -2.59. The molecule has 0 aromatic heterocycles. The molecule has 4 rings (SSSR count). The fraction of sp³-hybridized carbons (Fsp3) is 0.926. The van der Waals surface area contributed by atoms with Gasteiger partial charge in [-0.05, 0) is 79.4 Å². The van der Waals surface area contributed by atoms with Gasteiger partial charge >= 0.3 is 0 Å². The highest BCUT2D eigenvalue weighted by Crippen LogP contribution is 2.67. The summed E-state index contributed by atoms with van der Waals surface area (Å²) in [6.07, 6.45) is 13.2. The highest BCUT2D eigenvalue weighted by molar-refractivity contribution is 5.27. The maximum Gasteiger partial charge on any atom is 0.105 e. The molecule has 0 spiro atoms. The van der Waals surface area contributed by atoms with E-state index >= 15 is 0 Å². The van der Waals surface area contributed by atoms with E-state index in [1.165, 1.54) is 50.5 Å². The Morgan fingerprint density at radius 3 is 2.59 bits per heavy atom. The zero-order valence-corrected chi connectivity index (χ0v) is 19.6. The van der Waals surface area contributed by atoms with Crippen molar-refractivity contribution in [2.24, 2.45) is 46.3 Å². The maximum absolute atomic E-state index is 13.2. The van der Waals surface area contributed by atoms with Crippen molar-refractivity contribution in [2.45, 2.75) is 111 Å². The van der Waals surface area contributed by atoms with Crippen molar-refractivity contribution < 1.29 is 10.2 Å². The molecule has 0 amide bonds. The molecule has 0 bridgehead atoms. The molecular formula is C27H45O2. The predicted molar refractivity (Wildman–Crippen MR) is 119 cm³/mol. The molecule has 2 heteroatoms. The van der Waals surface area contributed by atoms with E-state index in [2.05, 4.69) is 40.7 Å². The predicted octanol–water partition coefficient (Wildman–Crippen LogP) is 6.80. The Labute approximate surface area is 179 Å². The van der Waals surface area contributed by atoms with Crippen LogP contribution in [-0.4, -0.2) is 17.3 Å². The second-order valence-electron chi connectivity index (χ2n) is 12.2. The molecule has 0 aliphatic heterocycles. The second kappa shape index (κ2) is 7.97. The van der Waals surface area contributed by atoms with Crippen LogP contribution < -0.4 is 0 Å². The van der Waals surface area contributed by atoms with Gasteiger partial charge in [0.1, 0.15) is 6.10 Å². The normalized spacial score (nSPS) is 47.9. The van der Waals surface area contributed by atoms with Crippen LogP contribution in [0.4, 0.5) is 0 Å². The van der Waals surface area contributed by atoms with Crippen LogP contribution in [0.25, 0.3) is 0 Å². The van der Waals surface area contributed by atoms with E-state index in [0.29, 0.717) is 23.7 Å². The van der Waals surface area contributed by atoms with Crippen molar-refractivity contribution >= 4 is 0 Å². The number of hydrogen-bond donors (Lipinski definition) is 1. The lowest BCUT2D eigenvalue weighted by molar-refractivity contribution is -0.128. The molecule has 1 unspecified atom stereocenters. The first kappa shape index (κ1) is 21.9. The Balaban J connectivity index is 1.52. The van der Waals surface area contributed by atoms with E-state index in [-0.39, 0.29) is 5.41 Å². The summed E-state index contributed by atoms with van der Waals surface area (Å²) >= 11 is 0. The van der Waals surface area contributed by atoms with Crippen molar-refractivity contribution in [3.63, 3.8) is 0 Å². The quantitative estimate of drug-likeness (QED) is 0.506. The van der Waals surface area contributed by atoms with Crippen LogP contribution in [0.3, 0.4) is 0 Å². The van der Waals surface area contributed by atoms with Gasteiger partial charge in [0.25, 0.3) is 0 Å². The molecule has 29 heavy (non-hydrogen) atoms. The lowest BCUT2D eigenvalue weighted by atomic mass is 9.46. The van der Waals surface area contributed by atoms with E-state index in [4.69, 9.17) is 0 Å². The summed E-state index contributed by atoms with van der Waals surface area (Å²) in [7, 11) is 0. The average molecular weight is 402 g/mol. The van der Waals surface area contributed by atoms with Crippen LogP contribution in [-0.2, 0) is 5.11 Å². The topological polar surface area (TPSA) is 40.1 Å². The molecule has 0 aromatic carbocycles. The standard InChI is InChI=1S/C27H45O2/c1-17(2)7-6-8-18(3)22-11-12-23-21-10-9-19-15-20(28)16-25(29)27(19,5)24(21)13-14-26(22,23)4/h9,17-18,20-25,28H,6-8,10-16H2,1-5H3/t18-,20-,21+,22-,23+,24+,25?,26-,27+/m1/s1. The molecule has 2 nitrogen and oxygen atoms in total. The fourth-order valence-corrected chi connectivity index (χ4v) is 8.70. The number of rotatable bonds is 5. The van der Waals surface area contributed by atoms with Crippen LogP contribution >= 0.6 is 0 Å². The molecule has 0 aromatic rings. The molecule has 9 atom stereocenters. The SMILES string of the molecule is CC(C)CCC[C@@H](C)[C@H]1CC[C@H]2[C@@H]3CC=C4C[C@@H](O)CC([O])[C@]4(C)[C@H]3CC[C@]12C. The molecule has 4 aliphatic carbocycles. The van der Waals surface area contributed by atoms with Crippen LogP contribution in [0.15, 0.2) is 11.6 Å². The van der Waals surface area contributed by atoms with E-state index in [1.54, 1.807) is 0 Å². The zero-order chi connectivity index (χ0) is 21.0. The van der Waals surface area contributed by atoms with Crippen LogP contribution in [0.1, 0.15) is 98.8 Å². The highest BCUT2D eigenvalue weighted by atomic mass is 16.3. The molecule has 3 fully saturated rings. The molecule has 165 valence electrons. The van der Waals surface area contributed by atoms with Crippen molar-refractivity contribution in [2.75, 3.05) is 0 Å². The Morgan fingerprint density at radius 1 is 1.10 bits per heavy atom. The Bertz CT molecular complexity index is 624. The highest BCUT2D eigenvalue weighted by Gasteiger charge is 2.61. The molecule has 4 aliphatic rings. The first-order chi connectivity index (χ1) is 13.7. The van der Waals surface area contributed by atoms with Gasteiger partial charge in [-0.15, -0.1) is 0 Å². The molecule has 1 N–H and O–H groups in total. The Kier molecular flexibility index (Phi) is 6.01. The van der Waals surface area contributed by atoms with E-state index in [0.717, 1.165) is 36.5 Å². The van der Waals surface area contributed by atoms with Gasteiger partial charge in [-0.25, -0.2) is 5.11 Å². The third-order valence-corrected chi connectivity index (χ3v) is 10.3. The van der Waals surface area contributed by atoms with Gasteiger partial charge < -0.3 is 5.11 Å². The van der Waals surface area contributed by atoms with Gasteiger partial charge in [0.15, 0.2) is 0 Å². The summed E-state index contributed by atoms with van der Waals surface area (Å²) in [4.78, 5) is 0. The van der Waals surface area contributed by atoms with Gasteiger partial charge in [-0.3, -0.25) is 0 Å². The summed E-state index contributed by atoms with van der Waals surface area (Å²) in [5, 5.41) is 23.4. The number of fused-ring (bicyclic) bond motifs is 5. The average Bonchev–Trinajstić information content (AvgIpc) is 3.00. The molecule has 1 radical (unpaired) electrons. The van der Waals surface area contributed by atoms with Crippen LogP contribution in [0, 0.1) is 46.3 Å². The molecule has 0 heterocycles.